The van der Waals surface area contributed by atoms with Crippen LogP contribution in [0, 0.1) is 0 Å². The van der Waals surface area contributed by atoms with E-state index < -0.39 is 0 Å². The van der Waals surface area contributed by atoms with Gasteiger partial charge in [0.1, 0.15) is 0 Å². The van der Waals surface area contributed by atoms with Crippen molar-refractivity contribution in [2.24, 2.45) is 0 Å². The second-order valence-corrected chi connectivity index (χ2v) is 2.74. The maximum atomic E-state index is 5.73. The molecule has 2 N–H and O–H groups in total. The van der Waals surface area contributed by atoms with E-state index in [-0.39, 0.29) is 0 Å². The molecule has 12 heavy (non-hydrogen) atoms. The second kappa shape index (κ2) is 5.06. The Kier molecular flexibility index (Phi) is 3.97. The van der Waals surface area contributed by atoms with Crippen molar-refractivity contribution in [3.8, 4) is 0 Å². The van der Waals surface area contributed by atoms with Crippen molar-refractivity contribution in [1.29, 1.82) is 0 Å². The predicted octanol–water partition coefficient (Wildman–Crippen LogP) is 1.72. The molecule has 1 aromatic carbocycles. The van der Waals surface area contributed by atoms with Gasteiger partial charge in [0, 0.05) is 5.69 Å². The molecule has 0 amide bonds. The summed E-state index contributed by atoms with van der Waals surface area (Å²) in [4.78, 5) is 0. The molecule has 0 atom stereocenters. The van der Waals surface area contributed by atoms with Crippen LogP contribution in [0.2, 0.25) is 0 Å². The molecule has 0 saturated carbocycles. The van der Waals surface area contributed by atoms with Crippen LogP contribution in [0.4, 0.5) is 5.69 Å². The van der Waals surface area contributed by atoms with Gasteiger partial charge >= 0.3 is 0 Å². The highest BCUT2D eigenvalue weighted by atomic mass is 32.1. The predicted molar refractivity (Wildman–Crippen MR) is 54.4 cm³/mol. The second-order valence-electron chi connectivity index (χ2n) is 2.49. The van der Waals surface area contributed by atoms with Crippen LogP contribution in [0.3, 0.4) is 0 Å². The number of rotatable bonds is 4. The third-order valence-electron chi connectivity index (χ3n) is 1.66. The van der Waals surface area contributed by atoms with Crippen LogP contribution < -0.4 is 5.73 Å². The number of benzene rings is 1. The molecule has 0 aliphatic carbocycles. The van der Waals surface area contributed by atoms with Crippen molar-refractivity contribution in [3.05, 3.63) is 29.8 Å². The zero-order valence-electron chi connectivity index (χ0n) is 6.86. The fourth-order valence-corrected chi connectivity index (χ4v) is 1.14. The first-order chi connectivity index (χ1) is 5.84. The highest BCUT2D eigenvalue weighted by Crippen LogP contribution is 2.10. The van der Waals surface area contributed by atoms with Crippen molar-refractivity contribution >= 4 is 18.3 Å². The molecule has 1 aromatic rings. The Balaban J connectivity index is 2.46. The van der Waals surface area contributed by atoms with Crippen molar-refractivity contribution in [1.82, 2.24) is 0 Å². The Bertz CT molecular complexity index is 240. The van der Waals surface area contributed by atoms with Gasteiger partial charge in [0.15, 0.2) is 0 Å². The van der Waals surface area contributed by atoms with Crippen molar-refractivity contribution in [2.75, 3.05) is 18.3 Å². The molecule has 0 bridgehead atoms. The topological polar surface area (TPSA) is 35.2 Å². The quantitative estimate of drug-likeness (QED) is 0.322. The molecule has 0 radical (unpaired) electrons. The molecule has 0 fully saturated rings. The van der Waals surface area contributed by atoms with E-state index in [2.05, 4.69) is 12.6 Å². The molecule has 0 aliphatic rings. The molecular weight excluding hydrogens is 170 g/mol. The van der Waals surface area contributed by atoms with Crippen molar-refractivity contribution in [2.45, 2.75) is 6.42 Å². The summed E-state index contributed by atoms with van der Waals surface area (Å²) in [5.41, 5.74) is 7.70. The lowest BCUT2D eigenvalue weighted by atomic mass is 10.1. The van der Waals surface area contributed by atoms with Gasteiger partial charge in [0.05, 0.1) is 12.5 Å². The summed E-state index contributed by atoms with van der Waals surface area (Å²) in [6, 6.07) is 7.82. The van der Waals surface area contributed by atoms with E-state index in [0.29, 0.717) is 12.5 Å². The number of hydrogen-bond donors (Lipinski definition) is 2. The van der Waals surface area contributed by atoms with Gasteiger partial charge in [0.25, 0.3) is 0 Å². The van der Waals surface area contributed by atoms with Gasteiger partial charge in [-0.25, -0.2) is 0 Å². The van der Waals surface area contributed by atoms with Gasteiger partial charge in [-0.3, -0.25) is 0 Å². The molecule has 3 heteroatoms. The van der Waals surface area contributed by atoms with E-state index in [0.717, 1.165) is 17.7 Å². The van der Waals surface area contributed by atoms with Crippen LogP contribution in [0.25, 0.3) is 0 Å². The van der Waals surface area contributed by atoms with Gasteiger partial charge in [-0.05, 0) is 18.1 Å². The lowest BCUT2D eigenvalue weighted by Gasteiger charge is -2.04. The Morgan fingerprint density at radius 2 is 2.08 bits per heavy atom. The number of nitrogen functional groups attached to an aromatic ring is 1. The zero-order chi connectivity index (χ0) is 8.81. The third kappa shape index (κ3) is 2.75. The SMILES string of the molecule is Nc1ccccc1CCOCS. The molecule has 2 nitrogen and oxygen atoms in total. The highest BCUT2D eigenvalue weighted by molar-refractivity contribution is 7.80. The van der Waals surface area contributed by atoms with Crippen LogP contribution in [0.5, 0.6) is 0 Å². The van der Waals surface area contributed by atoms with E-state index in [4.69, 9.17) is 10.5 Å². The molecule has 66 valence electrons. The van der Waals surface area contributed by atoms with E-state index >= 15 is 0 Å². The zero-order valence-corrected chi connectivity index (χ0v) is 7.76. The highest BCUT2D eigenvalue weighted by Gasteiger charge is 1.96. The maximum absolute atomic E-state index is 5.73. The lowest BCUT2D eigenvalue weighted by molar-refractivity contribution is 0.187. The minimum atomic E-state index is 0.465. The largest absolute Gasteiger partial charge is 0.399 e. The Morgan fingerprint density at radius 3 is 2.75 bits per heavy atom. The number of hydrogen-bond acceptors (Lipinski definition) is 3. The number of thiol groups is 1. The fourth-order valence-electron chi connectivity index (χ4n) is 1.01. The van der Waals surface area contributed by atoms with Gasteiger partial charge in [-0.2, -0.15) is 12.6 Å². The summed E-state index contributed by atoms with van der Waals surface area (Å²) in [5.74, 6) is 0.465. The summed E-state index contributed by atoms with van der Waals surface area (Å²) in [6.07, 6.45) is 0.854. The minimum Gasteiger partial charge on any atom is -0.399 e. The van der Waals surface area contributed by atoms with Gasteiger partial charge in [-0.1, -0.05) is 18.2 Å². The summed E-state index contributed by atoms with van der Waals surface area (Å²) < 4.78 is 5.10. The molecule has 0 aliphatic heterocycles. The average molecular weight is 183 g/mol. The smallest absolute Gasteiger partial charge is 0.0892 e. The van der Waals surface area contributed by atoms with Crippen LogP contribution >= 0.6 is 12.6 Å². The van der Waals surface area contributed by atoms with Gasteiger partial charge < -0.3 is 10.5 Å². The van der Waals surface area contributed by atoms with Crippen LogP contribution in [0.1, 0.15) is 5.56 Å². The van der Waals surface area contributed by atoms with E-state index in [1.54, 1.807) is 0 Å². The van der Waals surface area contributed by atoms with Crippen LogP contribution in [-0.4, -0.2) is 12.5 Å². The first-order valence-corrected chi connectivity index (χ1v) is 4.50. The number of anilines is 1. The Hall–Kier alpha value is -0.670. The Labute approximate surface area is 78.1 Å². The monoisotopic (exact) mass is 183 g/mol. The molecular formula is C9H13NOS. The molecule has 0 saturated heterocycles. The average Bonchev–Trinajstić information content (AvgIpc) is 2.09. The van der Waals surface area contributed by atoms with Gasteiger partial charge in [-0.15, -0.1) is 0 Å². The fraction of sp³-hybridized carbons (Fsp3) is 0.333. The third-order valence-corrected chi connectivity index (χ3v) is 1.84. The Morgan fingerprint density at radius 1 is 1.33 bits per heavy atom. The lowest BCUT2D eigenvalue weighted by Crippen LogP contribution is -2.00. The van der Waals surface area contributed by atoms with Crippen LogP contribution in [-0.2, 0) is 11.2 Å². The summed E-state index contributed by atoms with van der Waals surface area (Å²) >= 11 is 3.94. The standard InChI is InChI=1S/C9H13NOS/c10-9-4-2-1-3-8(9)5-6-11-7-12/h1-4,12H,5-7,10H2. The number of ether oxygens (including phenoxy) is 1. The minimum absolute atomic E-state index is 0.465. The first kappa shape index (κ1) is 9.42. The summed E-state index contributed by atoms with van der Waals surface area (Å²) in [5, 5.41) is 0. The molecule has 0 spiro atoms. The number of para-hydroxylation sites is 1. The van der Waals surface area contributed by atoms with E-state index in [1.807, 2.05) is 24.3 Å². The van der Waals surface area contributed by atoms with E-state index in [9.17, 15) is 0 Å². The normalized spacial score (nSPS) is 10.1. The van der Waals surface area contributed by atoms with Crippen molar-refractivity contribution < 1.29 is 4.74 Å². The van der Waals surface area contributed by atoms with Gasteiger partial charge in [0.2, 0.25) is 0 Å². The van der Waals surface area contributed by atoms with Crippen LogP contribution in [0.15, 0.2) is 24.3 Å². The maximum Gasteiger partial charge on any atom is 0.0892 e. The molecule has 0 aromatic heterocycles. The summed E-state index contributed by atoms with van der Waals surface area (Å²) in [6.45, 7) is 0.678. The summed E-state index contributed by atoms with van der Waals surface area (Å²) in [7, 11) is 0. The van der Waals surface area contributed by atoms with Crippen molar-refractivity contribution in [3.63, 3.8) is 0 Å². The first-order valence-electron chi connectivity index (χ1n) is 3.86. The molecule has 0 heterocycles. The number of nitrogens with two attached hydrogens (primary N) is 1. The molecule has 1 rings (SSSR count). The molecule has 0 unspecified atom stereocenters. The van der Waals surface area contributed by atoms with E-state index in [1.165, 1.54) is 0 Å².